The minimum Gasteiger partial charge on any atom is -0.481 e. The molecular weight excluding hydrogens is 338 g/mol. The summed E-state index contributed by atoms with van der Waals surface area (Å²) < 4.78 is 0. The minimum absolute atomic E-state index is 0. The van der Waals surface area contributed by atoms with Gasteiger partial charge in [0.2, 0.25) is 0 Å². The number of aliphatic carboxylic acids is 1. The molecule has 0 spiro atoms. The number of carboxylic acid groups (broad SMARTS) is 1. The predicted octanol–water partition coefficient (Wildman–Crippen LogP) is 7.11. The molecule has 0 radical (unpaired) electrons. The van der Waals surface area contributed by atoms with Crippen LogP contribution in [0.25, 0.3) is 0 Å². The fraction of sp³-hybridized carbons (Fsp3) is 0.950. The standard InChI is InChI=1S/C20H40O2.Zn/c1-2-3-4-5-6-7-8-9-10-11-12-13-14-15-16-17-18-19-20(21)22;/h2-19H2,1H3,(H,21,22);. The van der Waals surface area contributed by atoms with Crippen LogP contribution < -0.4 is 0 Å². The Balaban J connectivity index is 0. The van der Waals surface area contributed by atoms with Crippen molar-refractivity contribution in [3.63, 3.8) is 0 Å². The maximum Gasteiger partial charge on any atom is 0.303 e. The van der Waals surface area contributed by atoms with Crippen LogP contribution in [0.3, 0.4) is 0 Å². The van der Waals surface area contributed by atoms with Gasteiger partial charge in [0.1, 0.15) is 0 Å². The van der Waals surface area contributed by atoms with Crippen molar-refractivity contribution in [2.45, 2.75) is 122 Å². The third-order valence-corrected chi connectivity index (χ3v) is 4.49. The smallest absolute Gasteiger partial charge is 0.303 e. The molecule has 0 aliphatic heterocycles. The Labute approximate surface area is 158 Å². The van der Waals surface area contributed by atoms with Gasteiger partial charge in [-0.2, -0.15) is 0 Å². The second kappa shape index (κ2) is 22.1. The SMILES string of the molecule is CCCCCCCCCCCCCCCCCCCC(=O)O.[Zn]. The largest absolute Gasteiger partial charge is 0.481 e. The molecule has 0 heterocycles. The van der Waals surface area contributed by atoms with E-state index < -0.39 is 5.97 Å². The van der Waals surface area contributed by atoms with Crippen molar-refractivity contribution in [1.29, 1.82) is 0 Å². The molecule has 0 unspecified atom stereocenters. The quantitative estimate of drug-likeness (QED) is 0.204. The van der Waals surface area contributed by atoms with Crippen LogP contribution in [0, 0.1) is 0 Å². The number of carbonyl (C=O) groups is 1. The van der Waals surface area contributed by atoms with E-state index in [9.17, 15) is 4.79 Å². The Kier molecular flexibility index (Phi) is 24.3. The first-order valence-electron chi connectivity index (χ1n) is 9.99. The van der Waals surface area contributed by atoms with Crippen molar-refractivity contribution in [1.82, 2.24) is 0 Å². The zero-order chi connectivity index (χ0) is 16.3. The second-order valence-electron chi connectivity index (χ2n) is 6.80. The number of rotatable bonds is 18. The van der Waals surface area contributed by atoms with E-state index in [0.717, 1.165) is 12.8 Å². The molecule has 23 heavy (non-hydrogen) atoms. The van der Waals surface area contributed by atoms with Crippen LogP contribution in [0.15, 0.2) is 0 Å². The van der Waals surface area contributed by atoms with Gasteiger partial charge in [0.05, 0.1) is 0 Å². The van der Waals surface area contributed by atoms with Crippen LogP contribution in [-0.2, 0) is 24.3 Å². The van der Waals surface area contributed by atoms with Crippen molar-refractivity contribution < 1.29 is 29.4 Å². The number of unbranched alkanes of at least 4 members (excludes halogenated alkanes) is 16. The summed E-state index contributed by atoms with van der Waals surface area (Å²) in [6.45, 7) is 2.28. The Morgan fingerprint density at radius 1 is 0.565 bits per heavy atom. The maximum absolute atomic E-state index is 10.4. The van der Waals surface area contributed by atoms with Crippen LogP contribution >= 0.6 is 0 Å². The van der Waals surface area contributed by atoms with E-state index >= 15 is 0 Å². The minimum atomic E-state index is -0.652. The first kappa shape index (κ1) is 25.3. The van der Waals surface area contributed by atoms with Gasteiger partial charge in [-0.25, -0.2) is 0 Å². The Morgan fingerprint density at radius 2 is 0.826 bits per heavy atom. The summed E-state index contributed by atoms with van der Waals surface area (Å²) in [6, 6.07) is 0. The predicted molar refractivity (Wildman–Crippen MR) is 96.4 cm³/mol. The van der Waals surface area contributed by atoms with E-state index in [-0.39, 0.29) is 19.5 Å². The van der Waals surface area contributed by atoms with Gasteiger partial charge in [-0.3, -0.25) is 4.79 Å². The molecule has 1 N–H and O–H groups in total. The van der Waals surface area contributed by atoms with Gasteiger partial charge in [0, 0.05) is 25.9 Å². The summed E-state index contributed by atoms with van der Waals surface area (Å²) >= 11 is 0. The van der Waals surface area contributed by atoms with Crippen molar-refractivity contribution in [2.75, 3.05) is 0 Å². The fourth-order valence-electron chi connectivity index (χ4n) is 3.00. The fourth-order valence-corrected chi connectivity index (χ4v) is 3.00. The van der Waals surface area contributed by atoms with E-state index in [1.54, 1.807) is 0 Å². The number of hydrogen-bond acceptors (Lipinski definition) is 1. The summed E-state index contributed by atoms with van der Waals surface area (Å²) in [5.41, 5.74) is 0. The first-order valence-corrected chi connectivity index (χ1v) is 9.99. The third kappa shape index (κ3) is 24.5. The molecule has 0 bridgehead atoms. The Hall–Kier alpha value is 0.0934. The summed E-state index contributed by atoms with van der Waals surface area (Å²) in [5.74, 6) is -0.652. The van der Waals surface area contributed by atoms with E-state index in [1.165, 1.54) is 96.3 Å². The van der Waals surface area contributed by atoms with Gasteiger partial charge in [-0.05, 0) is 6.42 Å². The van der Waals surface area contributed by atoms with Gasteiger partial charge < -0.3 is 5.11 Å². The van der Waals surface area contributed by atoms with Gasteiger partial charge in [-0.1, -0.05) is 110 Å². The molecular formula is C20H40O2Zn. The molecule has 0 saturated carbocycles. The third-order valence-electron chi connectivity index (χ3n) is 4.49. The molecule has 0 atom stereocenters. The van der Waals surface area contributed by atoms with Crippen molar-refractivity contribution in [3.05, 3.63) is 0 Å². The van der Waals surface area contributed by atoms with Crippen molar-refractivity contribution >= 4 is 5.97 Å². The van der Waals surface area contributed by atoms with Gasteiger partial charge in [-0.15, -0.1) is 0 Å². The van der Waals surface area contributed by atoms with Crippen LogP contribution in [-0.4, -0.2) is 11.1 Å². The van der Waals surface area contributed by atoms with Crippen LogP contribution in [0.5, 0.6) is 0 Å². The maximum atomic E-state index is 10.4. The van der Waals surface area contributed by atoms with E-state index in [1.807, 2.05) is 0 Å². The van der Waals surface area contributed by atoms with Gasteiger partial charge in [0.15, 0.2) is 0 Å². The normalized spacial score (nSPS) is 10.5. The topological polar surface area (TPSA) is 37.3 Å². The molecule has 0 aliphatic rings. The molecule has 2 nitrogen and oxygen atoms in total. The summed E-state index contributed by atoms with van der Waals surface area (Å²) in [5, 5.41) is 8.54. The molecule has 0 aromatic carbocycles. The molecule has 0 amide bonds. The van der Waals surface area contributed by atoms with Crippen molar-refractivity contribution in [3.8, 4) is 0 Å². The van der Waals surface area contributed by atoms with Gasteiger partial charge >= 0.3 is 5.97 Å². The average Bonchev–Trinajstić information content (AvgIpc) is 2.50. The molecule has 0 aromatic heterocycles. The van der Waals surface area contributed by atoms with Crippen LogP contribution in [0.2, 0.25) is 0 Å². The molecule has 0 aromatic rings. The Bertz CT molecular complexity index is 232. The van der Waals surface area contributed by atoms with Crippen LogP contribution in [0.4, 0.5) is 0 Å². The second-order valence-corrected chi connectivity index (χ2v) is 6.80. The average molecular weight is 378 g/mol. The van der Waals surface area contributed by atoms with E-state index in [2.05, 4.69) is 6.92 Å². The molecule has 134 valence electrons. The summed E-state index contributed by atoms with van der Waals surface area (Å²) in [6.07, 6.45) is 23.1. The summed E-state index contributed by atoms with van der Waals surface area (Å²) in [4.78, 5) is 10.4. The number of hydrogen-bond donors (Lipinski definition) is 1. The van der Waals surface area contributed by atoms with E-state index in [0.29, 0.717) is 6.42 Å². The van der Waals surface area contributed by atoms with Crippen molar-refractivity contribution in [2.24, 2.45) is 0 Å². The molecule has 3 heteroatoms. The molecule has 0 rings (SSSR count). The van der Waals surface area contributed by atoms with E-state index in [4.69, 9.17) is 5.11 Å². The molecule has 0 fully saturated rings. The summed E-state index contributed by atoms with van der Waals surface area (Å²) in [7, 11) is 0. The number of carboxylic acids is 1. The zero-order valence-electron chi connectivity index (χ0n) is 15.8. The Morgan fingerprint density at radius 3 is 1.09 bits per heavy atom. The first-order chi connectivity index (χ1) is 10.8. The monoisotopic (exact) mass is 376 g/mol. The molecule has 0 aliphatic carbocycles. The zero-order valence-corrected chi connectivity index (χ0v) is 18.8. The molecule has 0 saturated heterocycles. The van der Waals surface area contributed by atoms with Gasteiger partial charge in [0.25, 0.3) is 0 Å². The van der Waals surface area contributed by atoms with Crippen LogP contribution in [0.1, 0.15) is 122 Å².